The van der Waals surface area contributed by atoms with Crippen molar-refractivity contribution in [2.75, 3.05) is 11.9 Å². The first kappa shape index (κ1) is 24.0. The molecule has 3 rings (SSSR count). The van der Waals surface area contributed by atoms with E-state index in [9.17, 15) is 9.59 Å². The van der Waals surface area contributed by atoms with E-state index in [2.05, 4.69) is 27.8 Å². The highest BCUT2D eigenvalue weighted by atomic mass is 32.2. The van der Waals surface area contributed by atoms with E-state index in [1.54, 1.807) is 23.5 Å². The molecule has 2 heterocycles. The van der Waals surface area contributed by atoms with Crippen LogP contribution < -0.4 is 15.4 Å². The number of amidine groups is 1. The zero-order chi connectivity index (χ0) is 22.8. The number of unbranched alkanes of at least 4 members (excludes halogenated alkanes) is 3. The first-order valence-electron chi connectivity index (χ1n) is 10.7. The number of rotatable bonds is 10. The van der Waals surface area contributed by atoms with Crippen LogP contribution in [-0.2, 0) is 9.59 Å². The zero-order valence-electron chi connectivity index (χ0n) is 18.3. The Morgan fingerprint density at radius 2 is 2.03 bits per heavy atom. The molecular weight excluding hydrogens is 444 g/mol. The van der Waals surface area contributed by atoms with Gasteiger partial charge in [0.05, 0.1) is 17.2 Å². The molecule has 1 atom stereocenters. The lowest BCUT2D eigenvalue weighted by molar-refractivity contribution is -0.123. The smallest absolute Gasteiger partial charge is 0.238 e. The fourth-order valence-electron chi connectivity index (χ4n) is 2.97. The third-order valence-corrected chi connectivity index (χ3v) is 6.77. The number of carbonyl (C=O) groups is 2. The quantitative estimate of drug-likeness (QED) is 0.288. The van der Waals surface area contributed by atoms with Crippen LogP contribution in [-0.4, -0.2) is 34.6 Å². The lowest BCUT2D eigenvalue weighted by Crippen LogP contribution is -2.41. The van der Waals surface area contributed by atoms with Crippen LogP contribution in [0.3, 0.4) is 0 Å². The third kappa shape index (κ3) is 7.49. The van der Waals surface area contributed by atoms with Crippen LogP contribution in [0.2, 0.25) is 0 Å². The van der Waals surface area contributed by atoms with Gasteiger partial charge in [0.15, 0.2) is 5.17 Å². The monoisotopic (exact) mass is 472 g/mol. The van der Waals surface area contributed by atoms with Crippen molar-refractivity contribution >= 4 is 51.5 Å². The van der Waals surface area contributed by atoms with E-state index in [1.807, 2.05) is 36.6 Å². The molecule has 1 saturated heterocycles. The molecule has 9 heteroatoms. The molecule has 32 heavy (non-hydrogen) atoms. The molecule has 0 aliphatic carbocycles. The highest BCUT2D eigenvalue weighted by Gasteiger charge is 2.30. The van der Waals surface area contributed by atoms with Crippen LogP contribution in [0.1, 0.15) is 50.8 Å². The van der Waals surface area contributed by atoms with Crippen LogP contribution in [0.15, 0.2) is 52.0 Å². The molecule has 1 aromatic heterocycles. The van der Waals surface area contributed by atoms with E-state index in [0.29, 0.717) is 17.5 Å². The Hall–Kier alpha value is -2.65. The average Bonchev–Trinajstić information content (AvgIpc) is 3.33. The number of hydrogen-bond acceptors (Lipinski definition) is 7. The largest absolute Gasteiger partial charge is 0.494 e. The summed E-state index contributed by atoms with van der Waals surface area (Å²) < 4.78 is 5.73. The Kier molecular flexibility index (Phi) is 9.30. The summed E-state index contributed by atoms with van der Waals surface area (Å²) in [4.78, 5) is 25.8. The predicted octanol–water partition coefficient (Wildman–Crippen LogP) is 5.05. The number of thiophene rings is 1. The minimum absolute atomic E-state index is 0.0854. The Balaban J connectivity index is 1.53. The maximum absolute atomic E-state index is 12.7. The first-order valence-corrected chi connectivity index (χ1v) is 12.5. The molecule has 170 valence electrons. The van der Waals surface area contributed by atoms with Gasteiger partial charge in [0, 0.05) is 12.1 Å². The fourth-order valence-corrected chi connectivity index (χ4v) is 4.57. The number of benzene rings is 1. The summed E-state index contributed by atoms with van der Waals surface area (Å²) in [5, 5.41) is 15.6. The van der Waals surface area contributed by atoms with Crippen molar-refractivity contribution in [1.82, 2.24) is 5.32 Å². The fraction of sp³-hybridized carbons (Fsp3) is 0.391. The molecule has 7 nitrogen and oxygen atoms in total. The van der Waals surface area contributed by atoms with E-state index < -0.39 is 5.25 Å². The summed E-state index contributed by atoms with van der Waals surface area (Å²) in [6.07, 6.45) is 4.71. The Bertz CT molecular complexity index is 956. The molecule has 2 aromatic rings. The van der Waals surface area contributed by atoms with E-state index >= 15 is 0 Å². The number of hydrogen-bond donors (Lipinski definition) is 2. The molecule has 0 saturated carbocycles. The van der Waals surface area contributed by atoms with Crippen LogP contribution >= 0.6 is 23.1 Å². The van der Waals surface area contributed by atoms with E-state index in [-0.39, 0.29) is 18.2 Å². The van der Waals surface area contributed by atoms with Crippen LogP contribution in [0.4, 0.5) is 5.69 Å². The molecule has 0 radical (unpaired) electrons. The maximum Gasteiger partial charge on any atom is 0.238 e. The van der Waals surface area contributed by atoms with Gasteiger partial charge in [-0.1, -0.05) is 44.0 Å². The van der Waals surface area contributed by atoms with Crippen molar-refractivity contribution in [3.8, 4) is 5.75 Å². The Morgan fingerprint density at radius 1 is 1.22 bits per heavy atom. The highest BCUT2D eigenvalue weighted by Crippen LogP contribution is 2.24. The Labute approximate surface area is 196 Å². The van der Waals surface area contributed by atoms with Gasteiger partial charge < -0.3 is 15.4 Å². The number of anilines is 1. The third-order valence-electron chi connectivity index (χ3n) is 4.72. The molecular formula is C23H28N4O3S2. The summed E-state index contributed by atoms with van der Waals surface area (Å²) in [5.74, 6) is 0.280. The van der Waals surface area contributed by atoms with Gasteiger partial charge in [0.2, 0.25) is 11.8 Å². The molecule has 1 unspecified atom stereocenters. The second kappa shape index (κ2) is 12.4. The van der Waals surface area contributed by atoms with E-state index in [4.69, 9.17) is 4.74 Å². The number of thioether (sulfide) groups is 1. The number of amides is 2. The first-order chi connectivity index (χ1) is 15.5. The van der Waals surface area contributed by atoms with Crippen LogP contribution in [0.5, 0.6) is 5.75 Å². The van der Waals surface area contributed by atoms with Gasteiger partial charge in [-0.3, -0.25) is 9.59 Å². The van der Waals surface area contributed by atoms with Crippen LogP contribution in [0.25, 0.3) is 0 Å². The summed E-state index contributed by atoms with van der Waals surface area (Å²) in [5.41, 5.74) is 1.41. The summed E-state index contributed by atoms with van der Waals surface area (Å²) in [7, 11) is 0. The van der Waals surface area contributed by atoms with Gasteiger partial charge in [0.25, 0.3) is 0 Å². The normalized spacial score (nSPS) is 17.8. The van der Waals surface area contributed by atoms with Crippen molar-refractivity contribution in [1.29, 1.82) is 0 Å². The lowest BCUT2D eigenvalue weighted by Gasteiger charge is -2.21. The molecule has 0 spiro atoms. The molecule has 1 fully saturated rings. The predicted molar refractivity (Wildman–Crippen MR) is 133 cm³/mol. The molecule has 1 aliphatic heterocycles. The minimum Gasteiger partial charge on any atom is -0.494 e. The molecule has 2 N–H and O–H groups in total. The SMILES string of the molecule is CCCCCCOc1ccc(NC(=O)C2CC(=O)N/C(=N\N=C(C)c3cccs3)S2)cc1. The van der Waals surface area contributed by atoms with Crippen molar-refractivity contribution in [2.45, 2.75) is 51.2 Å². The van der Waals surface area contributed by atoms with Gasteiger partial charge in [-0.25, -0.2) is 0 Å². The number of carbonyl (C=O) groups excluding carboxylic acids is 2. The number of nitrogens with zero attached hydrogens (tertiary/aromatic N) is 2. The number of ether oxygens (including phenoxy) is 1. The lowest BCUT2D eigenvalue weighted by atomic mass is 10.2. The molecule has 1 aromatic carbocycles. The van der Waals surface area contributed by atoms with Gasteiger partial charge in [-0.2, -0.15) is 5.10 Å². The number of nitrogens with one attached hydrogen (secondary N) is 2. The molecule has 1 aliphatic rings. The van der Waals surface area contributed by atoms with E-state index in [1.165, 1.54) is 31.0 Å². The summed E-state index contributed by atoms with van der Waals surface area (Å²) >= 11 is 2.77. The topological polar surface area (TPSA) is 92.1 Å². The van der Waals surface area contributed by atoms with Crippen molar-refractivity contribution in [3.63, 3.8) is 0 Å². The van der Waals surface area contributed by atoms with Crippen LogP contribution in [0, 0.1) is 0 Å². The second-order valence-electron chi connectivity index (χ2n) is 7.35. The van der Waals surface area contributed by atoms with Gasteiger partial charge in [-0.05, 0) is 49.1 Å². The molecule has 2 amide bonds. The average molecular weight is 473 g/mol. The van der Waals surface area contributed by atoms with Gasteiger partial charge in [-0.15, -0.1) is 16.4 Å². The zero-order valence-corrected chi connectivity index (χ0v) is 19.9. The van der Waals surface area contributed by atoms with Crippen molar-refractivity contribution < 1.29 is 14.3 Å². The second-order valence-corrected chi connectivity index (χ2v) is 9.49. The summed E-state index contributed by atoms with van der Waals surface area (Å²) in [6, 6.07) is 11.2. The maximum atomic E-state index is 12.7. The van der Waals surface area contributed by atoms with Crippen molar-refractivity contribution in [2.24, 2.45) is 10.2 Å². The minimum atomic E-state index is -0.575. The van der Waals surface area contributed by atoms with Gasteiger partial charge in [0.1, 0.15) is 11.0 Å². The van der Waals surface area contributed by atoms with E-state index in [0.717, 1.165) is 22.8 Å². The standard InChI is InChI=1S/C23H28N4O3S2/c1-3-4-5-6-13-30-18-11-9-17(10-12-18)24-22(29)20-15-21(28)25-23(32-20)27-26-16(2)19-8-7-14-31-19/h7-12,14,20H,3-6,13,15H2,1-2H3,(H,24,29)(H,25,27,28). The molecule has 0 bridgehead atoms. The van der Waals surface area contributed by atoms with Gasteiger partial charge >= 0.3 is 0 Å². The Morgan fingerprint density at radius 3 is 2.75 bits per heavy atom. The highest BCUT2D eigenvalue weighted by molar-refractivity contribution is 8.15. The summed E-state index contributed by atoms with van der Waals surface area (Å²) in [6.45, 7) is 4.73. The van der Waals surface area contributed by atoms with Crippen molar-refractivity contribution in [3.05, 3.63) is 46.7 Å².